The van der Waals surface area contributed by atoms with Crippen LogP contribution in [0, 0.1) is 0 Å². The molecular weight excluding hydrogens is 190 g/mol. The molecule has 0 aliphatic carbocycles. The summed E-state index contributed by atoms with van der Waals surface area (Å²) in [4.78, 5) is 6.29. The van der Waals surface area contributed by atoms with Gasteiger partial charge < -0.3 is 10.5 Å². The van der Waals surface area contributed by atoms with Crippen LogP contribution >= 0.6 is 0 Å². The first kappa shape index (κ1) is 10.4. The van der Waals surface area contributed by atoms with Crippen molar-refractivity contribution in [2.45, 2.75) is 19.0 Å². The molecule has 1 aromatic heterocycles. The summed E-state index contributed by atoms with van der Waals surface area (Å²) in [7, 11) is 2.12. The summed E-state index contributed by atoms with van der Waals surface area (Å²) in [6, 6.07) is 4.47. The van der Waals surface area contributed by atoms with E-state index in [2.05, 4.69) is 16.9 Å². The fraction of sp³-hybridized carbons (Fsp3) is 0.545. The number of anilines is 1. The van der Waals surface area contributed by atoms with Gasteiger partial charge in [0.15, 0.2) is 0 Å². The molecule has 1 unspecified atom stereocenters. The van der Waals surface area contributed by atoms with Crippen LogP contribution in [0.5, 0.6) is 0 Å². The lowest BCUT2D eigenvalue weighted by molar-refractivity contribution is 0.156. The van der Waals surface area contributed by atoms with Gasteiger partial charge in [0, 0.05) is 25.4 Å². The summed E-state index contributed by atoms with van der Waals surface area (Å²) in [6.45, 7) is 2.63. The number of hydrogen-bond donors (Lipinski definition) is 1. The predicted molar refractivity (Wildman–Crippen MR) is 59.3 cm³/mol. The van der Waals surface area contributed by atoms with Crippen LogP contribution in [0.4, 0.5) is 5.82 Å². The van der Waals surface area contributed by atoms with Gasteiger partial charge in [0.2, 0.25) is 0 Å². The van der Waals surface area contributed by atoms with Crippen molar-refractivity contribution in [2.24, 2.45) is 0 Å². The van der Waals surface area contributed by atoms with Gasteiger partial charge in [-0.3, -0.25) is 4.90 Å². The van der Waals surface area contributed by atoms with E-state index in [0.717, 1.165) is 26.2 Å². The van der Waals surface area contributed by atoms with Gasteiger partial charge in [0.25, 0.3) is 0 Å². The fourth-order valence-corrected chi connectivity index (χ4v) is 1.88. The highest BCUT2D eigenvalue weighted by Crippen LogP contribution is 2.14. The number of rotatable bonds is 3. The van der Waals surface area contributed by atoms with Gasteiger partial charge in [-0.2, -0.15) is 0 Å². The Labute approximate surface area is 90.0 Å². The zero-order chi connectivity index (χ0) is 10.7. The second-order valence-corrected chi connectivity index (χ2v) is 4.02. The maximum absolute atomic E-state index is 5.63. The van der Waals surface area contributed by atoms with E-state index in [1.165, 1.54) is 5.56 Å². The van der Waals surface area contributed by atoms with Crippen LogP contribution in [0.15, 0.2) is 18.3 Å². The van der Waals surface area contributed by atoms with E-state index < -0.39 is 0 Å². The minimum atomic E-state index is 0.541. The highest BCUT2D eigenvalue weighted by molar-refractivity contribution is 5.31. The highest BCUT2D eigenvalue weighted by Gasteiger charge is 2.19. The first-order valence-corrected chi connectivity index (χ1v) is 5.24. The molecule has 0 spiro atoms. The number of ether oxygens (including phenoxy) is 1. The van der Waals surface area contributed by atoms with Crippen LogP contribution in [-0.2, 0) is 11.3 Å². The van der Waals surface area contributed by atoms with Crippen molar-refractivity contribution in [1.29, 1.82) is 0 Å². The minimum absolute atomic E-state index is 0.541. The third-order valence-corrected chi connectivity index (χ3v) is 2.81. The number of likely N-dealkylation sites (N-methyl/N-ethyl adjacent to an activating group) is 1. The van der Waals surface area contributed by atoms with Crippen LogP contribution in [0.25, 0.3) is 0 Å². The maximum atomic E-state index is 5.63. The van der Waals surface area contributed by atoms with Crippen LogP contribution in [0.1, 0.15) is 12.0 Å². The monoisotopic (exact) mass is 207 g/mol. The molecule has 0 amide bonds. The van der Waals surface area contributed by atoms with Crippen LogP contribution in [0.2, 0.25) is 0 Å². The Hall–Kier alpha value is -1.13. The Morgan fingerprint density at radius 1 is 1.67 bits per heavy atom. The molecule has 4 nitrogen and oxygen atoms in total. The Bertz CT molecular complexity index is 323. The van der Waals surface area contributed by atoms with E-state index in [1.54, 1.807) is 6.20 Å². The average molecular weight is 207 g/mol. The van der Waals surface area contributed by atoms with Crippen molar-refractivity contribution in [1.82, 2.24) is 9.88 Å². The van der Waals surface area contributed by atoms with Gasteiger partial charge >= 0.3 is 0 Å². The molecule has 1 aromatic rings. The average Bonchev–Trinajstić information content (AvgIpc) is 2.70. The first-order chi connectivity index (χ1) is 7.25. The lowest BCUT2D eigenvalue weighted by Crippen LogP contribution is -2.31. The summed E-state index contributed by atoms with van der Waals surface area (Å²) in [5.41, 5.74) is 6.84. The number of nitrogens with zero attached hydrogens (tertiary/aromatic N) is 2. The summed E-state index contributed by atoms with van der Waals surface area (Å²) >= 11 is 0. The van der Waals surface area contributed by atoms with Crippen molar-refractivity contribution >= 4 is 5.82 Å². The molecule has 0 aromatic carbocycles. The van der Waals surface area contributed by atoms with E-state index in [-0.39, 0.29) is 0 Å². The van der Waals surface area contributed by atoms with Crippen molar-refractivity contribution in [2.75, 3.05) is 26.0 Å². The fourth-order valence-electron chi connectivity index (χ4n) is 1.88. The van der Waals surface area contributed by atoms with Crippen molar-refractivity contribution in [3.8, 4) is 0 Å². The molecule has 15 heavy (non-hydrogen) atoms. The molecular formula is C11H17N3O. The molecule has 2 N–H and O–H groups in total. The predicted octanol–water partition coefficient (Wildman–Crippen LogP) is 0.885. The second-order valence-electron chi connectivity index (χ2n) is 4.02. The molecule has 1 saturated heterocycles. The quantitative estimate of drug-likeness (QED) is 0.799. The van der Waals surface area contributed by atoms with Gasteiger partial charge in [-0.1, -0.05) is 0 Å². The topological polar surface area (TPSA) is 51.4 Å². The molecule has 2 rings (SSSR count). The molecule has 0 saturated carbocycles. The minimum Gasteiger partial charge on any atom is -0.384 e. The molecule has 1 fully saturated rings. The SMILES string of the molecule is CN(Cc1ccnc(N)c1)C1CCOC1. The summed E-state index contributed by atoms with van der Waals surface area (Å²) < 4.78 is 5.36. The van der Waals surface area contributed by atoms with Gasteiger partial charge in [-0.05, 0) is 31.2 Å². The largest absolute Gasteiger partial charge is 0.384 e. The molecule has 1 aliphatic rings. The second kappa shape index (κ2) is 4.59. The van der Waals surface area contributed by atoms with Crippen molar-refractivity contribution in [3.63, 3.8) is 0 Å². The smallest absolute Gasteiger partial charge is 0.123 e. The standard InChI is InChI=1S/C11H17N3O/c1-14(10-3-5-15-8-10)7-9-2-4-13-11(12)6-9/h2,4,6,10H,3,5,7-8H2,1H3,(H2,12,13). The number of aromatic nitrogens is 1. The summed E-state index contributed by atoms with van der Waals surface area (Å²) in [5, 5.41) is 0. The molecule has 82 valence electrons. The van der Waals surface area contributed by atoms with Crippen molar-refractivity contribution in [3.05, 3.63) is 23.9 Å². The van der Waals surface area contributed by atoms with Crippen LogP contribution in [0.3, 0.4) is 0 Å². The number of nitrogen functional groups attached to an aromatic ring is 1. The molecule has 4 heteroatoms. The van der Waals surface area contributed by atoms with Gasteiger partial charge in [0.1, 0.15) is 5.82 Å². The van der Waals surface area contributed by atoms with E-state index in [0.29, 0.717) is 11.9 Å². The molecule has 2 heterocycles. The normalized spacial score (nSPS) is 21.1. The van der Waals surface area contributed by atoms with Crippen LogP contribution in [-0.4, -0.2) is 36.2 Å². The van der Waals surface area contributed by atoms with Crippen LogP contribution < -0.4 is 5.73 Å². The Morgan fingerprint density at radius 2 is 2.53 bits per heavy atom. The Kier molecular flexibility index (Phi) is 3.18. The van der Waals surface area contributed by atoms with Gasteiger partial charge in [-0.25, -0.2) is 4.98 Å². The van der Waals surface area contributed by atoms with E-state index >= 15 is 0 Å². The molecule has 1 atom stereocenters. The van der Waals surface area contributed by atoms with Crippen molar-refractivity contribution < 1.29 is 4.74 Å². The Morgan fingerprint density at radius 3 is 3.20 bits per heavy atom. The molecule has 0 radical (unpaired) electrons. The number of nitrogens with two attached hydrogens (primary N) is 1. The van der Waals surface area contributed by atoms with Gasteiger partial charge in [-0.15, -0.1) is 0 Å². The van der Waals surface area contributed by atoms with E-state index in [9.17, 15) is 0 Å². The molecule has 0 bridgehead atoms. The van der Waals surface area contributed by atoms with E-state index in [4.69, 9.17) is 10.5 Å². The third kappa shape index (κ3) is 2.67. The summed E-state index contributed by atoms with van der Waals surface area (Å²) in [6.07, 6.45) is 2.88. The number of hydrogen-bond acceptors (Lipinski definition) is 4. The van der Waals surface area contributed by atoms with E-state index in [1.807, 2.05) is 12.1 Å². The highest BCUT2D eigenvalue weighted by atomic mass is 16.5. The first-order valence-electron chi connectivity index (χ1n) is 5.24. The number of pyridine rings is 1. The maximum Gasteiger partial charge on any atom is 0.123 e. The zero-order valence-corrected chi connectivity index (χ0v) is 9.02. The lowest BCUT2D eigenvalue weighted by atomic mass is 10.2. The lowest BCUT2D eigenvalue weighted by Gasteiger charge is -2.22. The Balaban J connectivity index is 1.95. The zero-order valence-electron chi connectivity index (χ0n) is 9.02. The van der Waals surface area contributed by atoms with Gasteiger partial charge in [0.05, 0.1) is 6.61 Å². The third-order valence-electron chi connectivity index (χ3n) is 2.81. The summed E-state index contributed by atoms with van der Waals surface area (Å²) in [5.74, 6) is 0.587. The molecule has 1 aliphatic heterocycles.